The van der Waals surface area contributed by atoms with Gasteiger partial charge in [0.1, 0.15) is 5.54 Å². The molecular formula is C16H18Cl2N2O3. The maximum Gasteiger partial charge on any atom is 0.325 e. The van der Waals surface area contributed by atoms with Crippen molar-refractivity contribution in [2.24, 2.45) is 5.41 Å². The number of rotatable bonds is 3. The first-order valence-electron chi connectivity index (χ1n) is 7.10. The maximum atomic E-state index is 12.7. The first-order valence-corrected chi connectivity index (χ1v) is 7.85. The number of amides is 3. The molecule has 1 aliphatic heterocycles. The zero-order valence-electron chi connectivity index (χ0n) is 13.4. The molecule has 5 nitrogen and oxygen atoms in total. The van der Waals surface area contributed by atoms with Gasteiger partial charge in [0.25, 0.3) is 5.91 Å². The lowest BCUT2D eigenvalue weighted by Crippen LogP contribution is -2.43. The van der Waals surface area contributed by atoms with Crippen molar-refractivity contribution in [1.82, 2.24) is 10.2 Å². The Morgan fingerprint density at radius 1 is 1.26 bits per heavy atom. The third-order valence-electron chi connectivity index (χ3n) is 3.88. The highest BCUT2D eigenvalue weighted by Crippen LogP contribution is 2.35. The minimum absolute atomic E-state index is 0.201. The Labute approximate surface area is 144 Å². The normalized spacial score (nSPS) is 21.6. The number of Topliss-reactive ketones (excluding diaryl/α,β-unsaturated/α-hetero) is 1. The summed E-state index contributed by atoms with van der Waals surface area (Å²) in [6.45, 7) is 6.51. The third-order valence-corrected chi connectivity index (χ3v) is 4.43. The highest BCUT2D eigenvalue weighted by atomic mass is 35.5. The minimum atomic E-state index is -1.32. The lowest BCUT2D eigenvalue weighted by atomic mass is 9.89. The number of ketones is 1. The summed E-state index contributed by atoms with van der Waals surface area (Å²) in [6, 6.07) is 4.08. The molecule has 1 saturated heterocycles. The van der Waals surface area contributed by atoms with E-state index in [9.17, 15) is 14.4 Å². The van der Waals surface area contributed by atoms with Crippen LogP contribution in [0.15, 0.2) is 18.2 Å². The topological polar surface area (TPSA) is 66.5 Å². The fraction of sp³-hybridized carbons (Fsp3) is 0.438. The van der Waals surface area contributed by atoms with E-state index < -0.39 is 22.9 Å². The highest BCUT2D eigenvalue weighted by molar-refractivity contribution is 6.35. The largest absolute Gasteiger partial charge is 0.325 e. The lowest BCUT2D eigenvalue weighted by molar-refractivity contribution is -0.136. The van der Waals surface area contributed by atoms with Crippen molar-refractivity contribution in [3.63, 3.8) is 0 Å². The van der Waals surface area contributed by atoms with Crippen molar-refractivity contribution >= 4 is 40.9 Å². The van der Waals surface area contributed by atoms with Crippen LogP contribution in [0.4, 0.5) is 4.79 Å². The Kier molecular flexibility index (Phi) is 4.48. The molecule has 2 rings (SSSR count). The number of nitrogens with one attached hydrogen (secondary N) is 1. The van der Waals surface area contributed by atoms with Crippen LogP contribution in [0.1, 0.15) is 33.3 Å². The Morgan fingerprint density at radius 3 is 2.39 bits per heavy atom. The van der Waals surface area contributed by atoms with Gasteiger partial charge in [0.15, 0.2) is 5.78 Å². The summed E-state index contributed by atoms with van der Waals surface area (Å²) < 4.78 is 0. The molecule has 0 aliphatic carbocycles. The minimum Gasteiger partial charge on any atom is -0.319 e. The molecule has 124 valence electrons. The monoisotopic (exact) mass is 356 g/mol. The second-order valence-corrected chi connectivity index (χ2v) is 7.59. The molecule has 1 atom stereocenters. The molecule has 1 aromatic carbocycles. The van der Waals surface area contributed by atoms with E-state index in [4.69, 9.17) is 23.2 Å². The van der Waals surface area contributed by atoms with Crippen LogP contribution in [0.25, 0.3) is 0 Å². The van der Waals surface area contributed by atoms with Gasteiger partial charge in [0, 0.05) is 21.0 Å². The second kappa shape index (κ2) is 5.80. The SMILES string of the molecule is CC(C)(C)C(=O)CN1C(=O)N[C@](C)(c2ccc(Cl)cc2Cl)C1=O. The summed E-state index contributed by atoms with van der Waals surface area (Å²) in [5.41, 5.74) is -1.53. The van der Waals surface area contributed by atoms with Crippen LogP contribution in [-0.4, -0.2) is 29.2 Å². The lowest BCUT2D eigenvalue weighted by Gasteiger charge is -2.24. The number of benzene rings is 1. The smallest absolute Gasteiger partial charge is 0.319 e. The standard InChI is InChI=1S/C16H18Cl2N2O3/c1-15(2,3)12(21)8-20-13(22)16(4,19-14(20)23)10-6-5-9(17)7-11(10)18/h5-7H,8H2,1-4H3,(H,19,23)/t16-/m1/s1. The maximum absolute atomic E-state index is 12.7. The molecule has 0 aromatic heterocycles. The molecule has 0 spiro atoms. The Morgan fingerprint density at radius 2 is 1.87 bits per heavy atom. The van der Waals surface area contributed by atoms with Crippen LogP contribution in [0.3, 0.4) is 0 Å². The van der Waals surface area contributed by atoms with Gasteiger partial charge in [-0.2, -0.15) is 0 Å². The van der Waals surface area contributed by atoms with E-state index in [1.165, 1.54) is 6.07 Å². The zero-order valence-corrected chi connectivity index (χ0v) is 14.9. The summed E-state index contributed by atoms with van der Waals surface area (Å²) in [6.07, 6.45) is 0. The fourth-order valence-electron chi connectivity index (χ4n) is 2.30. The summed E-state index contributed by atoms with van der Waals surface area (Å²) in [5.74, 6) is -0.711. The first-order chi connectivity index (χ1) is 10.5. The van der Waals surface area contributed by atoms with E-state index in [0.29, 0.717) is 10.6 Å². The van der Waals surface area contributed by atoms with Gasteiger partial charge in [-0.15, -0.1) is 0 Å². The number of carbonyl (C=O) groups excluding carboxylic acids is 3. The predicted molar refractivity (Wildman–Crippen MR) is 88.5 cm³/mol. The van der Waals surface area contributed by atoms with Gasteiger partial charge in [0.2, 0.25) is 0 Å². The van der Waals surface area contributed by atoms with Gasteiger partial charge in [-0.3, -0.25) is 14.5 Å². The van der Waals surface area contributed by atoms with Crippen molar-refractivity contribution in [3.8, 4) is 0 Å². The van der Waals surface area contributed by atoms with Crippen LogP contribution in [-0.2, 0) is 15.1 Å². The quantitative estimate of drug-likeness (QED) is 0.844. The third kappa shape index (κ3) is 3.21. The van der Waals surface area contributed by atoms with Gasteiger partial charge in [-0.05, 0) is 19.1 Å². The van der Waals surface area contributed by atoms with Gasteiger partial charge in [-0.25, -0.2) is 4.79 Å². The average Bonchev–Trinajstić information content (AvgIpc) is 2.61. The molecule has 0 bridgehead atoms. The van der Waals surface area contributed by atoms with Gasteiger partial charge in [0.05, 0.1) is 6.54 Å². The van der Waals surface area contributed by atoms with Gasteiger partial charge < -0.3 is 5.32 Å². The molecule has 7 heteroatoms. The van der Waals surface area contributed by atoms with Gasteiger partial charge >= 0.3 is 6.03 Å². The van der Waals surface area contributed by atoms with E-state index in [0.717, 1.165) is 4.90 Å². The average molecular weight is 357 g/mol. The molecule has 1 N–H and O–H groups in total. The van der Waals surface area contributed by atoms with Crippen LogP contribution in [0.2, 0.25) is 10.0 Å². The molecule has 1 aromatic rings. The highest BCUT2D eigenvalue weighted by Gasteiger charge is 2.50. The molecule has 1 heterocycles. The summed E-state index contributed by atoms with van der Waals surface area (Å²) in [7, 11) is 0. The second-order valence-electron chi connectivity index (χ2n) is 6.74. The fourth-order valence-corrected chi connectivity index (χ4v) is 2.90. The molecule has 3 amide bonds. The van der Waals surface area contributed by atoms with Crippen LogP contribution in [0, 0.1) is 5.41 Å². The van der Waals surface area contributed by atoms with Crippen LogP contribution < -0.4 is 5.32 Å². The number of urea groups is 1. The molecule has 23 heavy (non-hydrogen) atoms. The molecule has 1 aliphatic rings. The number of hydrogen-bond acceptors (Lipinski definition) is 3. The number of nitrogens with zero attached hydrogens (tertiary/aromatic N) is 1. The number of carbonyl (C=O) groups is 3. The van der Waals surface area contributed by atoms with E-state index >= 15 is 0 Å². The molecule has 0 saturated carbocycles. The molecule has 0 radical (unpaired) electrons. The van der Waals surface area contributed by atoms with Crippen molar-refractivity contribution in [1.29, 1.82) is 0 Å². The number of hydrogen-bond donors (Lipinski definition) is 1. The molecule has 1 fully saturated rings. The first kappa shape index (κ1) is 17.8. The van der Waals surface area contributed by atoms with Crippen LogP contribution in [0.5, 0.6) is 0 Å². The van der Waals surface area contributed by atoms with Crippen molar-refractivity contribution in [2.45, 2.75) is 33.2 Å². The Balaban J connectivity index is 2.35. The van der Waals surface area contributed by atoms with Crippen molar-refractivity contribution < 1.29 is 14.4 Å². The van der Waals surface area contributed by atoms with E-state index in [1.807, 2.05) is 0 Å². The summed E-state index contributed by atoms with van der Waals surface area (Å²) in [4.78, 5) is 38.0. The molecule has 0 unspecified atom stereocenters. The summed E-state index contributed by atoms with van der Waals surface area (Å²) in [5, 5.41) is 3.33. The van der Waals surface area contributed by atoms with E-state index in [-0.39, 0.29) is 17.4 Å². The Hall–Kier alpha value is -1.59. The predicted octanol–water partition coefficient (Wildman–Crippen LogP) is 3.38. The van der Waals surface area contributed by atoms with E-state index in [1.54, 1.807) is 39.8 Å². The number of halogens is 2. The summed E-state index contributed by atoms with van der Waals surface area (Å²) >= 11 is 12.0. The zero-order chi connectivity index (χ0) is 17.6. The van der Waals surface area contributed by atoms with Crippen molar-refractivity contribution in [2.75, 3.05) is 6.54 Å². The Bertz CT molecular complexity index is 697. The van der Waals surface area contributed by atoms with Crippen molar-refractivity contribution in [3.05, 3.63) is 33.8 Å². The number of imide groups is 1. The van der Waals surface area contributed by atoms with Gasteiger partial charge in [-0.1, -0.05) is 50.0 Å². The van der Waals surface area contributed by atoms with Crippen LogP contribution >= 0.6 is 23.2 Å². The van der Waals surface area contributed by atoms with E-state index in [2.05, 4.69) is 5.32 Å². The molecular weight excluding hydrogens is 339 g/mol.